The smallest absolute Gasteiger partial charge is 0.434 e. The number of hydrogen-bond donors (Lipinski definition) is 4. The highest BCUT2D eigenvalue weighted by Gasteiger charge is 2.40. The molecule has 0 saturated heterocycles. The van der Waals surface area contributed by atoms with Gasteiger partial charge in [-0.15, -0.1) is 11.3 Å². The minimum absolute atomic E-state index is 0.0576. The first-order chi connectivity index (χ1) is 18.9. The molecular formula is C25H31F3N6O4S2. The number of nitrogens with zero attached hydrogens (tertiary/aromatic N) is 2. The van der Waals surface area contributed by atoms with Gasteiger partial charge in [0.1, 0.15) is 5.82 Å². The van der Waals surface area contributed by atoms with Gasteiger partial charge in [-0.2, -0.15) is 18.3 Å². The molecule has 1 aromatic carbocycles. The molecule has 4 N–H and O–H groups in total. The number of alkyl halides is 3. The third-order valence-electron chi connectivity index (χ3n) is 6.28. The summed E-state index contributed by atoms with van der Waals surface area (Å²) in [6.07, 6.45) is -1.92. The van der Waals surface area contributed by atoms with Crippen LogP contribution in [0.3, 0.4) is 0 Å². The summed E-state index contributed by atoms with van der Waals surface area (Å²) in [7, 11) is -4.15. The lowest BCUT2D eigenvalue weighted by Gasteiger charge is -2.28. The Balaban J connectivity index is 1.66. The van der Waals surface area contributed by atoms with E-state index in [9.17, 15) is 26.4 Å². The van der Waals surface area contributed by atoms with Crippen LogP contribution in [-0.2, 0) is 20.9 Å². The quantitative estimate of drug-likeness (QED) is 0.245. The van der Waals surface area contributed by atoms with E-state index < -0.39 is 28.0 Å². The summed E-state index contributed by atoms with van der Waals surface area (Å²) in [5, 5.41) is 12.6. The second-order valence-electron chi connectivity index (χ2n) is 9.68. The molecule has 2 aromatic heterocycles. The van der Waals surface area contributed by atoms with Crippen LogP contribution in [0.25, 0.3) is 10.4 Å². The zero-order valence-corrected chi connectivity index (χ0v) is 23.8. The van der Waals surface area contributed by atoms with Crippen LogP contribution in [-0.4, -0.2) is 48.4 Å². The maximum absolute atomic E-state index is 14.2. The Labute approximate surface area is 234 Å². The Kier molecular flexibility index (Phi) is 9.05. The number of nitrogens with one attached hydrogen (secondary N) is 4. The predicted octanol–water partition coefficient (Wildman–Crippen LogP) is 5.75. The van der Waals surface area contributed by atoms with Crippen molar-refractivity contribution in [2.75, 3.05) is 11.9 Å². The van der Waals surface area contributed by atoms with Gasteiger partial charge in [-0.05, 0) is 51.7 Å². The molecule has 10 nitrogen and oxygen atoms in total. The summed E-state index contributed by atoms with van der Waals surface area (Å²) in [6.45, 7) is 5.13. The molecule has 0 atom stereocenters. The number of anilines is 2. The van der Waals surface area contributed by atoms with Gasteiger partial charge in [-0.1, -0.05) is 13.0 Å². The van der Waals surface area contributed by atoms with Crippen molar-refractivity contribution in [1.82, 2.24) is 25.2 Å². The molecule has 2 heterocycles. The van der Waals surface area contributed by atoms with E-state index in [0.717, 1.165) is 11.3 Å². The van der Waals surface area contributed by atoms with Crippen LogP contribution >= 0.6 is 11.3 Å². The van der Waals surface area contributed by atoms with Gasteiger partial charge in [0.2, 0.25) is 10.0 Å². The lowest BCUT2D eigenvalue weighted by molar-refractivity contribution is -0.140. The Morgan fingerprint density at radius 3 is 2.52 bits per heavy atom. The van der Waals surface area contributed by atoms with E-state index in [-0.39, 0.29) is 45.0 Å². The largest absolute Gasteiger partial charge is 0.447 e. The first-order valence-electron chi connectivity index (χ1n) is 12.8. The van der Waals surface area contributed by atoms with Crippen molar-refractivity contribution < 1.29 is 31.1 Å². The number of carbonyl (C=O) groups excluding carboxylic acids is 1. The fourth-order valence-corrected chi connectivity index (χ4v) is 7.18. The first-order valence-corrected chi connectivity index (χ1v) is 15.1. The molecule has 0 bridgehead atoms. The monoisotopic (exact) mass is 600 g/mol. The van der Waals surface area contributed by atoms with E-state index in [0.29, 0.717) is 37.2 Å². The summed E-state index contributed by atoms with van der Waals surface area (Å²) in [5.41, 5.74) is -0.848. The molecule has 4 rings (SSSR count). The molecule has 1 aliphatic rings. The summed E-state index contributed by atoms with van der Waals surface area (Å²) >= 11 is 0.857. The number of aromatic amines is 1. The van der Waals surface area contributed by atoms with Crippen molar-refractivity contribution in [2.45, 2.75) is 75.6 Å². The summed E-state index contributed by atoms with van der Waals surface area (Å²) < 4.78 is 76.5. The van der Waals surface area contributed by atoms with Crippen LogP contribution in [0.5, 0.6) is 0 Å². The number of benzene rings is 1. The van der Waals surface area contributed by atoms with Crippen LogP contribution in [0, 0.1) is 0 Å². The molecule has 40 heavy (non-hydrogen) atoms. The highest BCUT2D eigenvalue weighted by molar-refractivity contribution is 7.89. The fourth-order valence-electron chi connectivity index (χ4n) is 4.54. The highest BCUT2D eigenvalue weighted by atomic mass is 32.2. The maximum atomic E-state index is 14.2. The lowest BCUT2D eigenvalue weighted by Crippen LogP contribution is -2.38. The molecule has 1 saturated carbocycles. The number of amides is 1. The number of thiazole rings is 1. The van der Waals surface area contributed by atoms with Crippen LogP contribution in [0.1, 0.15) is 63.1 Å². The van der Waals surface area contributed by atoms with Crippen LogP contribution in [0.4, 0.5) is 29.5 Å². The zero-order chi connectivity index (χ0) is 29.1. The predicted molar refractivity (Wildman–Crippen MR) is 145 cm³/mol. The standard InChI is InChI=1S/C25H31F3N6O4S2/c1-4-30-40(36,37)19-13-17(31-20-11-12-29-34-20)9-10-18(19)21-22(25(26,27)28)33-23(39-21)15-5-7-16(8-6-15)32-24(35)38-14(2)3/h9-16,30H,4-8H2,1-3H3,(H,32,35)(H2,29,31,34). The molecule has 1 fully saturated rings. The molecule has 1 aliphatic carbocycles. The van der Waals surface area contributed by atoms with Gasteiger partial charge in [-0.3, -0.25) is 5.10 Å². The van der Waals surface area contributed by atoms with Gasteiger partial charge in [0.25, 0.3) is 0 Å². The van der Waals surface area contributed by atoms with Crippen molar-refractivity contribution in [3.8, 4) is 10.4 Å². The van der Waals surface area contributed by atoms with Crippen LogP contribution in [0.15, 0.2) is 35.4 Å². The number of alkyl carbamates (subject to hydrolysis) is 1. The van der Waals surface area contributed by atoms with Crippen molar-refractivity contribution in [1.29, 1.82) is 0 Å². The molecule has 15 heteroatoms. The number of H-pyrrole nitrogens is 1. The topological polar surface area (TPSA) is 138 Å². The number of hydrogen-bond acceptors (Lipinski definition) is 8. The Morgan fingerprint density at radius 1 is 1.20 bits per heavy atom. The van der Waals surface area contributed by atoms with Gasteiger partial charge < -0.3 is 15.4 Å². The molecular weight excluding hydrogens is 569 g/mol. The third kappa shape index (κ3) is 7.12. The van der Waals surface area contributed by atoms with E-state index in [1.807, 2.05) is 0 Å². The Morgan fingerprint density at radius 2 is 1.93 bits per heavy atom. The van der Waals surface area contributed by atoms with E-state index in [4.69, 9.17) is 4.74 Å². The van der Waals surface area contributed by atoms with E-state index in [2.05, 4.69) is 30.5 Å². The highest BCUT2D eigenvalue weighted by Crippen LogP contribution is 2.46. The number of halogens is 3. The fraction of sp³-hybridized carbons (Fsp3) is 0.480. The lowest BCUT2D eigenvalue weighted by atomic mass is 9.86. The number of carbonyl (C=O) groups is 1. The molecule has 218 valence electrons. The molecule has 0 aliphatic heterocycles. The minimum Gasteiger partial charge on any atom is -0.447 e. The Hall–Kier alpha value is -3.17. The van der Waals surface area contributed by atoms with Gasteiger partial charge >= 0.3 is 12.3 Å². The number of aromatic nitrogens is 3. The van der Waals surface area contributed by atoms with E-state index >= 15 is 0 Å². The first kappa shape index (κ1) is 29.8. The third-order valence-corrected chi connectivity index (χ3v) is 9.12. The van der Waals surface area contributed by atoms with Crippen molar-refractivity contribution in [2.24, 2.45) is 0 Å². The SMILES string of the molecule is CCNS(=O)(=O)c1cc(Nc2ccn[nH]2)ccc1-c1sc(C2CCC(NC(=O)OC(C)C)CC2)nc1C(F)(F)F. The molecule has 0 spiro atoms. The molecule has 0 radical (unpaired) electrons. The minimum atomic E-state index is -4.80. The van der Waals surface area contributed by atoms with E-state index in [1.165, 1.54) is 24.4 Å². The van der Waals surface area contributed by atoms with Gasteiger partial charge in [0, 0.05) is 35.8 Å². The zero-order valence-electron chi connectivity index (χ0n) is 22.1. The number of sulfonamides is 1. The Bertz CT molecular complexity index is 1420. The van der Waals surface area contributed by atoms with Crippen LogP contribution < -0.4 is 15.4 Å². The van der Waals surface area contributed by atoms with Gasteiger partial charge in [0.15, 0.2) is 5.69 Å². The molecule has 1 amide bonds. The average molecular weight is 601 g/mol. The maximum Gasteiger partial charge on any atom is 0.434 e. The van der Waals surface area contributed by atoms with Crippen LogP contribution in [0.2, 0.25) is 0 Å². The van der Waals surface area contributed by atoms with Crippen molar-refractivity contribution in [3.05, 3.63) is 41.2 Å². The average Bonchev–Trinajstić information content (AvgIpc) is 3.54. The number of rotatable bonds is 9. The van der Waals surface area contributed by atoms with Gasteiger partial charge in [-0.25, -0.2) is 22.9 Å². The summed E-state index contributed by atoms with van der Waals surface area (Å²) in [5.74, 6) is 0.229. The van der Waals surface area contributed by atoms with Crippen molar-refractivity contribution in [3.63, 3.8) is 0 Å². The molecule has 3 aromatic rings. The number of ether oxygens (including phenoxy) is 1. The summed E-state index contributed by atoms with van der Waals surface area (Å²) in [4.78, 5) is 15.4. The molecule has 0 unspecified atom stereocenters. The normalized spacial score (nSPS) is 18.1. The second-order valence-corrected chi connectivity index (χ2v) is 12.4. The van der Waals surface area contributed by atoms with E-state index in [1.54, 1.807) is 26.8 Å². The van der Waals surface area contributed by atoms with Gasteiger partial charge in [0.05, 0.1) is 27.1 Å². The second kappa shape index (κ2) is 12.1. The summed E-state index contributed by atoms with van der Waals surface area (Å²) in [6, 6.07) is 5.64. The van der Waals surface area contributed by atoms with Crippen molar-refractivity contribution >= 4 is 39.0 Å².